The van der Waals surface area contributed by atoms with Crippen molar-refractivity contribution in [1.29, 1.82) is 0 Å². The minimum Gasteiger partial charge on any atom is -0.452 e. The molecule has 124 valence electrons. The molecular weight excluding hydrogens is 296 g/mol. The highest BCUT2D eigenvalue weighted by molar-refractivity contribution is 5.95. The Morgan fingerprint density at radius 2 is 1.96 bits per heavy atom. The van der Waals surface area contributed by atoms with Crippen molar-refractivity contribution in [2.45, 2.75) is 45.3 Å². The number of carbonyl (C=O) groups excluding carboxylic acids is 3. The van der Waals surface area contributed by atoms with Crippen LogP contribution in [-0.4, -0.2) is 36.5 Å². The maximum atomic E-state index is 12.0. The van der Waals surface area contributed by atoms with Crippen LogP contribution in [0.3, 0.4) is 0 Å². The van der Waals surface area contributed by atoms with Gasteiger partial charge in [-0.2, -0.15) is 0 Å². The second kappa shape index (κ2) is 7.76. The largest absolute Gasteiger partial charge is 0.452 e. The lowest BCUT2D eigenvalue weighted by atomic mass is 10.1. The van der Waals surface area contributed by atoms with Crippen LogP contribution in [0.25, 0.3) is 0 Å². The monoisotopic (exact) mass is 318 g/mol. The summed E-state index contributed by atoms with van der Waals surface area (Å²) in [6.45, 7) is 3.56. The van der Waals surface area contributed by atoms with Crippen LogP contribution in [0.15, 0.2) is 24.3 Å². The van der Waals surface area contributed by atoms with E-state index in [9.17, 15) is 14.4 Å². The molecule has 0 spiro atoms. The number of rotatable bonds is 7. The summed E-state index contributed by atoms with van der Waals surface area (Å²) in [6.07, 6.45) is 1.18. The molecule has 0 aromatic heterocycles. The maximum Gasteiger partial charge on any atom is 0.308 e. The molecular formula is C17H22N2O4. The number of carbonyl (C=O) groups is 3. The summed E-state index contributed by atoms with van der Waals surface area (Å²) < 4.78 is 5.05. The van der Waals surface area contributed by atoms with Gasteiger partial charge in [-0.25, -0.2) is 0 Å². The molecule has 1 aromatic rings. The molecule has 2 rings (SSSR count). The molecule has 0 heterocycles. The van der Waals surface area contributed by atoms with Crippen LogP contribution in [0.5, 0.6) is 0 Å². The molecule has 1 unspecified atom stereocenters. The average Bonchev–Trinajstić information content (AvgIpc) is 3.31. The van der Waals surface area contributed by atoms with E-state index >= 15 is 0 Å². The molecule has 0 saturated heterocycles. The lowest BCUT2D eigenvalue weighted by Gasteiger charge is -2.13. The van der Waals surface area contributed by atoms with Crippen molar-refractivity contribution in [1.82, 2.24) is 10.6 Å². The predicted molar refractivity (Wildman–Crippen MR) is 84.8 cm³/mol. The van der Waals surface area contributed by atoms with Gasteiger partial charge in [0.1, 0.15) is 0 Å². The summed E-state index contributed by atoms with van der Waals surface area (Å²) in [5.41, 5.74) is 1.45. The molecule has 2 N–H and O–H groups in total. The number of ether oxygens (including phenoxy) is 1. The van der Waals surface area contributed by atoms with Crippen molar-refractivity contribution in [3.05, 3.63) is 35.4 Å². The van der Waals surface area contributed by atoms with E-state index in [0.29, 0.717) is 5.56 Å². The first-order valence-corrected chi connectivity index (χ1v) is 7.81. The fraction of sp³-hybridized carbons (Fsp3) is 0.471. The van der Waals surface area contributed by atoms with E-state index in [-0.39, 0.29) is 30.8 Å². The van der Waals surface area contributed by atoms with E-state index < -0.39 is 12.1 Å². The Morgan fingerprint density at radius 3 is 2.61 bits per heavy atom. The first-order valence-electron chi connectivity index (χ1n) is 7.81. The average molecular weight is 318 g/mol. The summed E-state index contributed by atoms with van der Waals surface area (Å²) in [4.78, 5) is 35.3. The van der Waals surface area contributed by atoms with Crippen molar-refractivity contribution in [2.75, 3.05) is 6.54 Å². The quantitative estimate of drug-likeness (QED) is 0.743. The first kappa shape index (κ1) is 17.0. The normalized spacial score (nSPS) is 14.7. The van der Waals surface area contributed by atoms with Crippen molar-refractivity contribution >= 4 is 17.8 Å². The molecule has 1 atom stereocenters. The zero-order chi connectivity index (χ0) is 16.8. The zero-order valence-corrected chi connectivity index (χ0v) is 13.4. The molecule has 0 aliphatic heterocycles. The van der Waals surface area contributed by atoms with Gasteiger partial charge in [-0.05, 0) is 38.3 Å². The van der Waals surface area contributed by atoms with Gasteiger partial charge in [0.25, 0.3) is 11.8 Å². The number of nitrogens with one attached hydrogen (secondary N) is 2. The lowest BCUT2D eigenvalue weighted by Crippen LogP contribution is -2.37. The van der Waals surface area contributed by atoms with Crippen molar-refractivity contribution in [3.8, 4) is 0 Å². The van der Waals surface area contributed by atoms with Crippen LogP contribution < -0.4 is 10.6 Å². The summed E-state index contributed by atoms with van der Waals surface area (Å²) >= 11 is 0. The molecule has 0 bridgehead atoms. The van der Waals surface area contributed by atoms with Crippen molar-refractivity contribution in [2.24, 2.45) is 0 Å². The number of benzene rings is 1. The Balaban J connectivity index is 1.69. The topological polar surface area (TPSA) is 84.5 Å². The van der Waals surface area contributed by atoms with E-state index in [1.54, 1.807) is 19.1 Å². The Bertz CT molecular complexity index is 596. The van der Waals surface area contributed by atoms with E-state index in [4.69, 9.17) is 4.74 Å². The fourth-order valence-corrected chi connectivity index (χ4v) is 2.06. The van der Waals surface area contributed by atoms with E-state index in [1.165, 1.54) is 0 Å². The SMILES string of the molecule is Cc1ccccc1C(=O)NCCC(=O)OC(C)C(=O)NC1CC1. The number of aryl methyl sites for hydroxylation is 1. The van der Waals surface area contributed by atoms with Crippen LogP contribution >= 0.6 is 0 Å². The van der Waals surface area contributed by atoms with Gasteiger partial charge in [-0.3, -0.25) is 14.4 Å². The van der Waals surface area contributed by atoms with Gasteiger partial charge in [-0.1, -0.05) is 18.2 Å². The van der Waals surface area contributed by atoms with Crippen LogP contribution in [-0.2, 0) is 14.3 Å². The molecule has 1 aliphatic carbocycles. The van der Waals surface area contributed by atoms with Gasteiger partial charge >= 0.3 is 5.97 Å². The number of hydrogen-bond donors (Lipinski definition) is 2. The highest BCUT2D eigenvalue weighted by atomic mass is 16.5. The van der Waals surface area contributed by atoms with Gasteiger partial charge in [0, 0.05) is 18.2 Å². The Morgan fingerprint density at radius 1 is 1.26 bits per heavy atom. The molecule has 6 heteroatoms. The molecule has 2 amide bonds. The molecule has 1 aliphatic rings. The fourth-order valence-electron chi connectivity index (χ4n) is 2.06. The molecule has 23 heavy (non-hydrogen) atoms. The van der Waals surface area contributed by atoms with Gasteiger partial charge in [0.05, 0.1) is 6.42 Å². The number of amides is 2. The third kappa shape index (κ3) is 5.39. The van der Waals surface area contributed by atoms with Crippen LogP contribution in [0, 0.1) is 6.92 Å². The lowest BCUT2D eigenvalue weighted by molar-refractivity contribution is -0.154. The second-order valence-corrected chi connectivity index (χ2v) is 5.74. The minimum absolute atomic E-state index is 0.0265. The Hall–Kier alpha value is -2.37. The zero-order valence-electron chi connectivity index (χ0n) is 13.4. The van der Waals surface area contributed by atoms with Crippen molar-refractivity contribution in [3.63, 3.8) is 0 Å². The van der Waals surface area contributed by atoms with Crippen LogP contribution in [0.2, 0.25) is 0 Å². The molecule has 1 fully saturated rings. The highest BCUT2D eigenvalue weighted by Crippen LogP contribution is 2.18. The summed E-state index contributed by atoms with van der Waals surface area (Å²) in [5.74, 6) is -1.01. The van der Waals surface area contributed by atoms with Crippen LogP contribution in [0.1, 0.15) is 42.1 Å². The van der Waals surface area contributed by atoms with Gasteiger partial charge in [-0.15, -0.1) is 0 Å². The smallest absolute Gasteiger partial charge is 0.308 e. The predicted octanol–water partition coefficient (Wildman–Crippen LogP) is 1.33. The molecule has 0 radical (unpaired) electrons. The first-order chi connectivity index (χ1) is 11.0. The second-order valence-electron chi connectivity index (χ2n) is 5.74. The van der Waals surface area contributed by atoms with E-state index in [2.05, 4.69) is 10.6 Å². The van der Waals surface area contributed by atoms with Crippen LogP contribution in [0.4, 0.5) is 0 Å². The summed E-state index contributed by atoms with van der Waals surface area (Å²) in [5, 5.41) is 5.45. The third-order valence-electron chi connectivity index (χ3n) is 3.61. The number of esters is 1. The molecule has 1 aromatic carbocycles. The highest BCUT2D eigenvalue weighted by Gasteiger charge is 2.27. The molecule has 6 nitrogen and oxygen atoms in total. The number of hydrogen-bond acceptors (Lipinski definition) is 4. The third-order valence-corrected chi connectivity index (χ3v) is 3.61. The van der Waals surface area contributed by atoms with Gasteiger partial charge < -0.3 is 15.4 Å². The Labute approximate surface area is 135 Å². The standard InChI is InChI=1S/C17H22N2O4/c1-11-5-3-4-6-14(11)17(22)18-10-9-15(20)23-12(2)16(21)19-13-7-8-13/h3-6,12-13H,7-10H2,1-2H3,(H,18,22)(H,19,21). The van der Waals surface area contributed by atoms with Gasteiger partial charge in [0.15, 0.2) is 6.10 Å². The summed E-state index contributed by atoms with van der Waals surface area (Å²) in [7, 11) is 0. The van der Waals surface area contributed by atoms with E-state index in [0.717, 1.165) is 18.4 Å². The van der Waals surface area contributed by atoms with Crippen molar-refractivity contribution < 1.29 is 19.1 Å². The Kier molecular flexibility index (Phi) is 5.73. The summed E-state index contributed by atoms with van der Waals surface area (Å²) in [6, 6.07) is 7.46. The van der Waals surface area contributed by atoms with E-state index in [1.807, 2.05) is 19.1 Å². The minimum atomic E-state index is -0.810. The maximum absolute atomic E-state index is 12.0. The molecule has 1 saturated carbocycles. The van der Waals surface area contributed by atoms with Gasteiger partial charge in [0.2, 0.25) is 0 Å².